The molecule has 0 aliphatic carbocycles. The molecule has 2 aliphatic rings. The summed E-state index contributed by atoms with van der Waals surface area (Å²) in [6.07, 6.45) is 0.520. The molecule has 0 bridgehead atoms. The molecule has 2 saturated heterocycles. The molecule has 0 N–H and O–H groups in total. The summed E-state index contributed by atoms with van der Waals surface area (Å²) in [5.74, 6) is 1.20. The first-order valence-corrected chi connectivity index (χ1v) is 10.0. The molecule has 1 amide bonds. The summed E-state index contributed by atoms with van der Waals surface area (Å²) in [5, 5.41) is 1.13. The number of benzene rings is 1. The number of para-hydroxylation sites is 1. The summed E-state index contributed by atoms with van der Waals surface area (Å²) in [7, 11) is 0. The van der Waals surface area contributed by atoms with Crippen LogP contribution in [-0.4, -0.2) is 79.1 Å². The van der Waals surface area contributed by atoms with Gasteiger partial charge in [0.05, 0.1) is 19.8 Å². The normalized spacial score (nSPS) is 22.4. The summed E-state index contributed by atoms with van der Waals surface area (Å²) in [5.41, 5.74) is 0.919. The number of fused-ring (bicyclic) bond motifs is 1. The molecule has 0 spiro atoms. The summed E-state index contributed by atoms with van der Waals surface area (Å²) < 4.78 is 11.7. The van der Waals surface area contributed by atoms with E-state index < -0.39 is 0 Å². The zero-order chi connectivity index (χ0) is 18.6. The van der Waals surface area contributed by atoms with E-state index in [1.165, 1.54) is 0 Å². The predicted molar refractivity (Wildman–Crippen MR) is 105 cm³/mol. The molecule has 2 aromatic rings. The number of amides is 1. The molecule has 6 heteroatoms. The van der Waals surface area contributed by atoms with Gasteiger partial charge in [-0.05, 0) is 18.7 Å². The summed E-state index contributed by atoms with van der Waals surface area (Å²) in [6.45, 7) is 9.74. The molecule has 0 unspecified atom stereocenters. The Bertz CT molecular complexity index is 734. The lowest BCUT2D eigenvalue weighted by atomic mass is 10.1. The number of likely N-dealkylation sites (N-methyl/N-ethyl adjacent to an activating group) is 1. The van der Waals surface area contributed by atoms with Crippen LogP contribution in [-0.2, 0) is 16.1 Å². The highest BCUT2D eigenvalue weighted by atomic mass is 16.5. The molecule has 1 atom stereocenters. The summed E-state index contributed by atoms with van der Waals surface area (Å²) >= 11 is 0. The highest BCUT2D eigenvalue weighted by Gasteiger charge is 2.29. The second-order valence-corrected chi connectivity index (χ2v) is 7.47. The van der Waals surface area contributed by atoms with Crippen molar-refractivity contribution in [3.05, 3.63) is 36.1 Å². The Kier molecular flexibility index (Phi) is 5.76. The van der Waals surface area contributed by atoms with Gasteiger partial charge in [-0.1, -0.05) is 25.1 Å². The van der Waals surface area contributed by atoms with Crippen LogP contribution in [0.5, 0.6) is 0 Å². The summed E-state index contributed by atoms with van der Waals surface area (Å²) in [6, 6.07) is 10.3. The van der Waals surface area contributed by atoms with Crippen LogP contribution in [0.25, 0.3) is 11.0 Å². The van der Waals surface area contributed by atoms with E-state index in [0.29, 0.717) is 19.6 Å². The SMILES string of the molecule is CCN1CCN(C(=O)C[C@H]2COCCN2Cc2cc3ccccc3o2)CC1. The molecule has 0 saturated carbocycles. The Hall–Kier alpha value is -1.89. The van der Waals surface area contributed by atoms with Crippen molar-refractivity contribution in [1.82, 2.24) is 14.7 Å². The molecule has 1 aromatic carbocycles. The minimum Gasteiger partial charge on any atom is -0.460 e. The Morgan fingerprint density at radius 2 is 1.96 bits per heavy atom. The van der Waals surface area contributed by atoms with E-state index in [4.69, 9.17) is 9.15 Å². The molecule has 146 valence electrons. The van der Waals surface area contributed by atoms with E-state index >= 15 is 0 Å². The maximum absolute atomic E-state index is 12.8. The molecule has 4 rings (SSSR count). The number of hydrogen-bond acceptors (Lipinski definition) is 5. The lowest BCUT2D eigenvalue weighted by Gasteiger charge is -2.38. The van der Waals surface area contributed by atoms with Gasteiger partial charge in [0.25, 0.3) is 0 Å². The number of furan rings is 1. The van der Waals surface area contributed by atoms with Crippen LogP contribution >= 0.6 is 0 Å². The van der Waals surface area contributed by atoms with Gasteiger partial charge in [-0.25, -0.2) is 0 Å². The van der Waals surface area contributed by atoms with Crippen molar-refractivity contribution in [2.24, 2.45) is 0 Å². The van der Waals surface area contributed by atoms with Gasteiger partial charge in [0.2, 0.25) is 5.91 Å². The molecule has 1 aromatic heterocycles. The topological polar surface area (TPSA) is 49.2 Å². The highest BCUT2D eigenvalue weighted by molar-refractivity contribution is 5.78. The molecule has 3 heterocycles. The first kappa shape index (κ1) is 18.5. The van der Waals surface area contributed by atoms with Crippen LogP contribution < -0.4 is 0 Å². The largest absolute Gasteiger partial charge is 0.460 e. The molecule has 0 radical (unpaired) electrons. The van der Waals surface area contributed by atoms with Crippen molar-refractivity contribution in [2.75, 3.05) is 52.5 Å². The third kappa shape index (κ3) is 4.34. The standard InChI is InChI=1S/C21H29N3O3/c1-2-22-7-9-23(10-8-22)21(25)14-18-16-26-12-11-24(18)15-19-13-17-5-3-4-6-20(17)27-19/h3-6,13,18H,2,7-12,14-16H2,1H3/t18-/m0/s1. The van der Waals surface area contributed by atoms with Crippen LogP contribution in [0.15, 0.2) is 34.7 Å². The van der Waals surface area contributed by atoms with Crippen molar-refractivity contribution in [3.8, 4) is 0 Å². The van der Waals surface area contributed by atoms with E-state index in [1.54, 1.807) is 0 Å². The van der Waals surface area contributed by atoms with Gasteiger partial charge >= 0.3 is 0 Å². The fourth-order valence-corrected chi connectivity index (χ4v) is 4.04. The third-order valence-electron chi connectivity index (χ3n) is 5.77. The minimum atomic E-state index is 0.115. The van der Waals surface area contributed by atoms with Gasteiger partial charge < -0.3 is 19.0 Å². The first-order chi connectivity index (χ1) is 13.2. The average Bonchev–Trinajstić information content (AvgIpc) is 3.12. The Balaban J connectivity index is 1.38. The Morgan fingerprint density at radius 3 is 2.74 bits per heavy atom. The smallest absolute Gasteiger partial charge is 0.224 e. The first-order valence-electron chi connectivity index (χ1n) is 10.0. The minimum absolute atomic E-state index is 0.115. The fraction of sp³-hybridized carbons (Fsp3) is 0.571. The van der Waals surface area contributed by atoms with E-state index in [1.807, 2.05) is 23.1 Å². The van der Waals surface area contributed by atoms with E-state index in [0.717, 1.165) is 62.5 Å². The van der Waals surface area contributed by atoms with Crippen molar-refractivity contribution in [2.45, 2.75) is 25.9 Å². The molecule has 27 heavy (non-hydrogen) atoms. The second kappa shape index (κ2) is 8.42. The van der Waals surface area contributed by atoms with Crippen LogP contribution in [0.1, 0.15) is 19.1 Å². The number of hydrogen-bond donors (Lipinski definition) is 0. The van der Waals surface area contributed by atoms with Gasteiger partial charge in [-0.2, -0.15) is 0 Å². The predicted octanol–water partition coefficient (Wildman–Crippen LogP) is 2.19. The maximum atomic E-state index is 12.8. The van der Waals surface area contributed by atoms with Gasteiger partial charge in [-0.15, -0.1) is 0 Å². The number of carbonyl (C=O) groups is 1. The van der Waals surface area contributed by atoms with Gasteiger partial charge in [0, 0.05) is 50.6 Å². The molecule has 6 nitrogen and oxygen atoms in total. The van der Waals surface area contributed by atoms with E-state index in [9.17, 15) is 4.79 Å². The monoisotopic (exact) mass is 371 g/mol. The zero-order valence-corrected chi connectivity index (χ0v) is 16.1. The fourth-order valence-electron chi connectivity index (χ4n) is 4.04. The number of morpholine rings is 1. The Morgan fingerprint density at radius 1 is 1.15 bits per heavy atom. The molecule has 2 fully saturated rings. The van der Waals surface area contributed by atoms with Crippen molar-refractivity contribution in [1.29, 1.82) is 0 Å². The lowest BCUT2D eigenvalue weighted by molar-refractivity contribution is -0.136. The molecular formula is C21H29N3O3. The highest BCUT2D eigenvalue weighted by Crippen LogP contribution is 2.22. The Labute approximate surface area is 160 Å². The zero-order valence-electron chi connectivity index (χ0n) is 16.1. The lowest BCUT2D eigenvalue weighted by Crippen LogP contribution is -2.51. The molecular weight excluding hydrogens is 342 g/mol. The second-order valence-electron chi connectivity index (χ2n) is 7.47. The van der Waals surface area contributed by atoms with Gasteiger partial charge in [0.1, 0.15) is 11.3 Å². The maximum Gasteiger partial charge on any atom is 0.224 e. The van der Waals surface area contributed by atoms with Crippen LogP contribution in [0.4, 0.5) is 0 Å². The van der Waals surface area contributed by atoms with Crippen LogP contribution in [0.3, 0.4) is 0 Å². The number of carbonyl (C=O) groups excluding carboxylic acids is 1. The van der Waals surface area contributed by atoms with Crippen LogP contribution in [0, 0.1) is 0 Å². The number of rotatable bonds is 5. The summed E-state index contributed by atoms with van der Waals surface area (Å²) in [4.78, 5) is 19.5. The van der Waals surface area contributed by atoms with Gasteiger partial charge in [-0.3, -0.25) is 9.69 Å². The molecule has 2 aliphatic heterocycles. The van der Waals surface area contributed by atoms with Gasteiger partial charge in [0.15, 0.2) is 0 Å². The average molecular weight is 371 g/mol. The van der Waals surface area contributed by atoms with Crippen molar-refractivity contribution >= 4 is 16.9 Å². The van der Waals surface area contributed by atoms with Crippen LogP contribution in [0.2, 0.25) is 0 Å². The number of piperazine rings is 1. The number of ether oxygens (including phenoxy) is 1. The van der Waals surface area contributed by atoms with Crippen molar-refractivity contribution in [3.63, 3.8) is 0 Å². The number of nitrogens with zero attached hydrogens (tertiary/aromatic N) is 3. The van der Waals surface area contributed by atoms with E-state index in [-0.39, 0.29) is 11.9 Å². The van der Waals surface area contributed by atoms with Crippen molar-refractivity contribution < 1.29 is 13.9 Å². The van der Waals surface area contributed by atoms with E-state index in [2.05, 4.69) is 28.9 Å². The quantitative estimate of drug-likeness (QED) is 0.806. The third-order valence-corrected chi connectivity index (χ3v) is 5.77.